The van der Waals surface area contributed by atoms with Crippen LogP contribution in [-0.2, 0) is 14.8 Å². The number of amides is 1. The van der Waals surface area contributed by atoms with Gasteiger partial charge < -0.3 is 10.6 Å². The average molecular weight is 354 g/mol. The topological polar surface area (TPSA) is 92.5 Å². The van der Waals surface area contributed by atoms with E-state index in [0.29, 0.717) is 19.4 Å². The van der Waals surface area contributed by atoms with Crippen molar-refractivity contribution in [3.05, 3.63) is 0 Å². The number of carbonyl (C=O) groups excluding carboxylic acids is 1. The van der Waals surface area contributed by atoms with Gasteiger partial charge in [-0.3, -0.25) is 4.79 Å². The quantitative estimate of drug-likeness (QED) is 0.668. The molecule has 1 atom stereocenters. The van der Waals surface area contributed by atoms with E-state index in [1.807, 2.05) is 4.90 Å². The normalized spacial score (nSPS) is 20.9. The van der Waals surface area contributed by atoms with Gasteiger partial charge in [0.15, 0.2) is 0 Å². The van der Waals surface area contributed by atoms with Crippen LogP contribution in [0.5, 0.6) is 0 Å². The van der Waals surface area contributed by atoms with E-state index >= 15 is 0 Å². The summed E-state index contributed by atoms with van der Waals surface area (Å²) in [6.07, 6.45) is 6.78. The lowest BCUT2D eigenvalue weighted by Gasteiger charge is -2.20. The number of nitrogens with one attached hydrogen (secondary N) is 1. The Balaban J connectivity index is 0.00000242. The van der Waals surface area contributed by atoms with E-state index < -0.39 is 16.1 Å². The summed E-state index contributed by atoms with van der Waals surface area (Å²) in [6.45, 7) is 1.99. The summed E-state index contributed by atoms with van der Waals surface area (Å²) in [6, 6.07) is -0.501. The number of hydrogen-bond donors (Lipinski definition) is 2. The average Bonchev–Trinajstić information content (AvgIpc) is 3.14. The summed E-state index contributed by atoms with van der Waals surface area (Å²) in [5, 5.41) is -0.225. The van der Waals surface area contributed by atoms with Gasteiger partial charge >= 0.3 is 0 Å². The molecule has 8 heteroatoms. The zero-order valence-electron chi connectivity index (χ0n) is 13.0. The maximum absolute atomic E-state index is 12.0. The first-order valence-corrected chi connectivity index (χ1v) is 9.58. The zero-order valence-corrected chi connectivity index (χ0v) is 14.6. The molecule has 2 rings (SSSR count). The third kappa shape index (κ3) is 5.37. The molecule has 130 valence electrons. The second-order valence-electron chi connectivity index (χ2n) is 6.13. The molecule has 3 N–H and O–H groups in total. The molecular formula is C14H28ClN3O3S. The van der Waals surface area contributed by atoms with E-state index in [2.05, 4.69) is 4.72 Å². The molecule has 0 aromatic rings. The third-order valence-corrected chi connectivity index (χ3v) is 6.43. The van der Waals surface area contributed by atoms with E-state index in [1.165, 1.54) is 0 Å². The maximum atomic E-state index is 12.0. The molecule has 1 amide bonds. The molecule has 0 aromatic heterocycles. The molecule has 1 saturated carbocycles. The summed E-state index contributed by atoms with van der Waals surface area (Å²) in [5.41, 5.74) is 5.90. The predicted molar refractivity (Wildman–Crippen MR) is 89.4 cm³/mol. The van der Waals surface area contributed by atoms with Crippen molar-refractivity contribution in [3.63, 3.8) is 0 Å². The van der Waals surface area contributed by atoms with E-state index in [1.54, 1.807) is 0 Å². The second kappa shape index (κ2) is 9.05. The highest BCUT2D eigenvalue weighted by Gasteiger charge is 2.28. The zero-order chi connectivity index (χ0) is 15.3. The van der Waals surface area contributed by atoms with Crippen LogP contribution in [0.25, 0.3) is 0 Å². The van der Waals surface area contributed by atoms with Crippen molar-refractivity contribution in [2.75, 3.05) is 19.6 Å². The molecule has 2 aliphatic rings. The summed E-state index contributed by atoms with van der Waals surface area (Å²) in [4.78, 5) is 13.8. The highest BCUT2D eigenvalue weighted by atomic mass is 35.5. The molecule has 0 radical (unpaired) electrons. The fourth-order valence-electron chi connectivity index (χ4n) is 3.15. The Morgan fingerprint density at radius 1 is 1.18 bits per heavy atom. The Kier molecular flexibility index (Phi) is 8.10. The van der Waals surface area contributed by atoms with Crippen molar-refractivity contribution in [2.24, 2.45) is 5.73 Å². The Bertz CT molecular complexity index is 446. The Hall–Kier alpha value is -0.370. The largest absolute Gasteiger partial charge is 0.341 e. The Labute approximate surface area is 139 Å². The molecular weight excluding hydrogens is 326 g/mol. The van der Waals surface area contributed by atoms with Crippen LogP contribution in [-0.4, -0.2) is 50.2 Å². The van der Waals surface area contributed by atoms with Crippen LogP contribution in [0, 0.1) is 0 Å². The molecule has 1 saturated heterocycles. The molecule has 2 fully saturated rings. The summed E-state index contributed by atoms with van der Waals surface area (Å²) in [7, 11) is -3.18. The number of hydrogen-bond acceptors (Lipinski definition) is 4. The highest BCUT2D eigenvalue weighted by Crippen LogP contribution is 2.23. The Morgan fingerprint density at radius 3 is 2.36 bits per heavy atom. The minimum atomic E-state index is -3.18. The molecule has 0 bridgehead atoms. The summed E-state index contributed by atoms with van der Waals surface area (Å²) in [5.74, 6) is 0.00569. The van der Waals surface area contributed by atoms with Crippen LogP contribution in [0.15, 0.2) is 0 Å². The van der Waals surface area contributed by atoms with Crippen molar-refractivity contribution in [3.8, 4) is 0 Å². The first-order chi connectivity index (χ1) is 10.0. The lowest BCUT2D eigenvalue weighted by Crippen LogP contribution is -2.42. The fraction of sp³-hybridized carbons (Fsp3) is 0.929. The van der Waals surface area contributed by atoms with Crippen LogP contribution in [0.2, 0.25) is 0 Å². The van der Waals surface area contributed by atoms with Gasteiger partial charge in [0.1, 0.15) is 0 Å². The molecule has 1 aliphatic carbocycles. The van der Waals surface area contributed by atoms with Gasteiger partial charge in [0, 0.05) is 19.6 Å². The number of carbonyl (C=O) groups is 1. The van der Waals surface area contributed by atoms with Crippen LogP contribution in [0.1, 0.15) is 51.4 Å². The minimum Gasteiger partial charge on any atom is -0.341 e. The third-order valence-electron chi connectivity index (χ3n) is 4.47. The number of rotatable bonds is 7. The van der Waals surface area contributed by atoms with Gasteiger partial charge in [-0.05, 0) is 38.5 Å². The van der Waals surface area contributed by atoms with Crippen molar-refractivity contribution < 1.29 is 13.2 Å². The predicted octanol–water partition coefficient (Wildman–Crippen LogP) is 1.00. The van der Waals surface area contributed by atoms with Crippen LogP contribution in [0.3, 0.4) is 0 Å². The second-order valence-corrected chi connectivity index (χ2v) is 8.17. The van der Waals surface area contributed by atoms with E-state index in [9.17, 15) is 13.2 Å². The number of sulfonamides is 1. The monoisotopic (exact) mass is 353 g/mol. The Morgan fingerprint density at radius 2 is 1.77 bits per heavy atom. The number of likely N-dealkylation sites (tertiary alicyclic amines) is 1. The van der Waals surface area contributed by atoms with Crippen molar-refractivity contribution in [2.45, 2.75) is 62.7 Å². The van der Waals surface area contributed by atoms with Gasteiger partial charge in [0.25, 0.3) is 0 Å². The molecule has 0 aromatic carbocycles. The molecule has 1 heterocycles. The van der Waals surface area contributed by atoms with Gasteiger partial charge in [-0.1, -0.05) is 12.8 Å². The van der Waals surface area contributed by atoms with Crippen LogP contribution in [0.4, 0.5) is 0 Å². The van der Waals surface area contributed by atoms with Crippen molar-refractivity contribution in [1.82, 2.24) is 9.62 Å². The molecule has 0 spiro atoms. The van der Waals surface area contributed by atoms with Crippen molar-refractivity contribution in [1.29, 1.82) is 0 Å². The van der Waals surface area contributed by atoms with Gasteiger partial charge in [-0.2, -0.15) is 0 Å². The highest BCUT2D eigenvalue weighted by molar-refractivity contribution is 7.90. The first kappa shape index (κ1) is 19.7. The molecule has 1 aliphatic heterocycles. The number of nitrogens with zero attached hydrogens (tertiary/aromatic N) is 1. The summed E-state index contributed by atoms with van der Waals surface area (Å²) < 4.78 is 26.7. The molecule has 22 heavy (non-hydrogen) atoms. The van der Waals surface area contributed by atoms with Crippen molar-refractivity contribution >= 4 is 28.3 Å². The molecule has 6 nitrogen and oxygen atoms in total. The van der Waals surface area contributed by atoms with E-state index in [4.69, 9.17) is 5.73 Å². The van der Waals surface area contributed by atoms with Crippen LogP contribution < -0.4 is 10.5 Å². The maximum Gasteiger partial charge on any atom is 0.239 e. The van der Waals surface area contributed by atoms with E-state index in [-0.39, 0.29) is 23.6 Å². The fourth-order valence-corrected chi connectivity index (χ4v) is 4.77. The van der Waals surface area contributed by atoms with Gasteiger partial charge in [0.2, 0.25) is 15.9 Å². The van der Waals surface area contributed by atoms with E-state index in [0.717, 1.165) is 51.6 Å². The SMILES string of the molecule is Cl.N[C@@H](CCCNS(=O)(=O)C1CCCC1)C(=O)N1CCCC1. The van der Waals surface area contributed by atoms with Crippen LogP contribution >= 0.6 is 12.4 Å². The smallest absolute Gasteiger partial charge is 0.239 e. The van der Waals surface area contributed by atoms with Gasteiger partial charge in [-0.25, -0.2) is 13.1 Å². The van der Waals surface area contributed by atoms with Gasteiger partial charge in [0.05, 0.1) is 11.3 Å². The standard InChI is InChI=1S/C14H27N3O3S.ClH/c15-13(14(18)17-10-3-4-11-17)8-5-9-16-21(19,20)12-6-1-2-7-12;/h12-13,16H,1-11,15H2;1H/t13-;/m0./s1. The van der Waals surface area contributed by atoms with Gasteiger partial charge in [-0.15, -0.1) is 12.4 Å². The molecule has 0 unspecified atom stereocenters. The number of nitrogens with two attached hydrogens (primary N) is 1. The number of halogens is 1. The summed E-state index contributed by atoms with van der Waals surface area (Å²) >= 11 is 0. The first-order valence-electron chi connectivity index (χ1n) is 8.03. The lowest BCUT2D eigenvalue weighted by atomic mass is 10.1. The minimum absolute atomic E-state index is 0. The lowest BCUT2D eigenvalue weighted by molar-refractivity contribution is -0.131.